The molecule has 0 aliphatic carbocycles. The normalized spacial score (nSPS) is 12.8. The van der Waals surface area contributed by atoms with Gasteiger partial charge in [0, 0.05) is 13.8 Å². The summed E-state index contributed by atoms with van der Waals surface area (Å²) in [4.78, 5) is 44.9. The van der Waals surface area contributed by atoms with Gasteiger partial charge in [-0.1, -0.05) is 0 Å². The molecule has 0 saturated heterocycles. The molecule has 10 nitrogen and oxygen atoms in total. The molecule has 0 aromatic rings. The number of carbonyl (C=O) groups is 4. The van der Waals surface area contributed by atoms with Crippen LogP contribution in [-0.2, 0) is 19.2 Å². The molecular formula is C10H20N6O4. The molecule has 10 heteroatoms. The van der Waals surface area contributed by atoms with E-state index in [2.05, 4.69) is 10.6 Å². The molecule has 0 aliphatic rings. The Morgan fingerprint density at radius 3 is 1.30 bits per heavy atom. The summed E-state index contributed by atoms with van der Waals surface area (Å²) in [5.41, 5.74) is 3.82. The molecule has 0 saturated carbocycles. The second-order valence-electron chi connectivity index (χ2n) is 4.10. The van der Waals surface area contributed by atoms with Gasteiger partial charge in [0.15, 0.2) is 0 Å². The maximum atomic E-state index is 11.5. The Morgan fingerprint density at radius 1 is 0.800 bits per heavy atom. The van der Waals surface area contributed by atoms with Crippen LogP contribution < -0.4 is 33.2 Å². The molecule has 2 atom stereocenters. The highest BCUT2D eigenvalue weighted by Gasteiger charge is 2.24. The van der Waals surface area contributed by atoms with E-state index in [1.807, 2.05) is 10.9 Å². The average molecular weight is 288 g/mol. The molecule has 0 aromatic carbocycles. The van der Waals surface area contributed by atoms with E-state index < -0.39 is 35.7 Å². The molecule has 0 bridgehead atoms. The van der Waals surface area contributed by atoms with E-state index >= 15 is 0 Å². The fraction of sp³-hybridized carbons (Fsp3) is 0.600. The number of hydrogen-bond acceptors (Lipinski definition) is 6. The van der Waals surface area contributed by atoms with Crippen LogP contribution in [0.1, 0.15) is 26.7 Å². The minimum Gasteiger partial charge on any atom is -0.344 e. The Bertz CT molecular complexity index is 350. The zero-order valence-corrected chi connectivity index (χ0v) is 11.4. The number of amides is 4. The summed E-state index contributed by atoms with van der Waals surface area (Å²) < 4.78 is 0. The van der Waals surface area contributed by atoms with Crippen molar-refractivity contribution in [2.24, 2.45) is 11.7 Å². The van der Waals surface area contributed by atoms with Crippen molar-refractivity contribution in [2.45, 2.75) is 38.8 Å². The predicted octanol–water partition coefficient (Wildman–Crippen LogP) is -3.24. The van der Waals surface area contributed by atoms with Crippen molar-refractivity contribution in [3.8, 4) is 0 Å². The van der Waals surface area contributed by atoms with Crippen molar-refractivity contribution in [3.05, 3.63) is 0 Å². The van der Waals surface area contributed by atoms with Crippen LogP contribution in [0, 0.1) is 0 Å². The van der Waals surface area contributed by atoms with Gasteiger partial charge in [-0.15, -0.1) is 0 Å². The third-order valence-electron chi connectivity index (χ3n) is 2.42. The van der Waals surface area contributed by atoms with Gasteiger partial charge in [-0.2, -0.15) is 0 Å². The summed E-state index contributed by atoms with van der Waals surface area (Å²) in [6, 6.07) is -1.81. The number of hydrazine groups is 2. The Hall–Kier alpha value is -2.20. The lowest BCUT2D eigenvalue weighted by atomic mass is 10.0. The maximum absolute atomic E-state index is 11.5. The summed E-state index contributed by atoms with van der Waals surface area (Å²) in [5, 5.41) is 4.78. The molecular weight excluding hydrogens is 268 g/mol. The lowest BCUT2D eigenvalue weighted by molar-refractivity contribution is -0.129. The van der Waals surface area contributed by atoms with Gasteiger partial charge in [0.05, 0.1) is 0 Å². The van der Waals surface area contributed by atoms with Gasteiger partial charge in [-0.25, -0.2) is 11.7 Å². The van der Waals surface area contributed by atoms with Crippen molar-refractivity contribution in [2.75, 3.05) is 0 Å². The quantitative estimate of drug-likeness (QED) is 0.163. The van der Waals surface area contributed by atoms with Gasteiger partial charge in [0.25, 0.3) is 11.8 Å². The topological polar surface area (TPSA) is 168 Å². The molecule has 8 N–H and O–H groups in total. The van der Waals surface area contributed by atoms with E-state index in [9.17, 15) is 19.2 Å². The molecule has 0 heterocycles. The Balaban J connectivity index is 4.67. The maximum Gasteiger partial charge on any atom is 0.256 e. The molecule has 114 valence electrons. The summed E-state index contributed by atoms with van der Waals surface area (Å²) >= 11 is 0. The predicted molar refractivity (Wildman–Crippen MR) is 69.1 cm³/mol. The Labute approximate surface area is 115 Å². The molecule has 20 heavy (non-hydrogen) atoms. The van der Waals surface area contributed by atoms with Gasteiger partial charge in [-0.05, 0) is 12.8 Å². The number of carbonyl (C=O) groups excluding carboxylic acids is 4. The van der Waals surface area contributed by atoms with Gasteiger partial charge < -0.3 is 10.6 Å². The van der Waals surface area contributed by atoms with E-state index in [0.717, 1.165) is 0 Å². The van der Waals surface area contributed by atoms with Crippen molar-refractivity contribution in [1.82, 2.24) is 21.5 Å². The van der Waals surface area contributed by atoms with Crippen molar-refractivity contribution in [1.29, 1.82) is 0 Å². The smallest absolute Gasteiger partial charge is 0.256 e. The highest BCUT2D eigenvalue weighted by atomic mass is 16.2. The number of nitrogens with two attached hydrogens (primary N) is 2. The van der Waals surface area contributed by atoms with Crippen LogP contribution in [0.25, 0.3) is 0 Å². The number of nitrogens with one attached hydrogen (secondary N) is 4. The van der Waals surface area contributed by atoms with E-state index in [0.29, 0.717) is 0 Å². The van der Waals surface area contributed by atoms with Crippen LogP contribution in [0.4, 0.5) is 0 Å². The first-order valence-electron chi connectivity index (χ1n) is 5.87. The van der Waals surface area contributed by atoms with Crippen LogP contribution in [0.15, 0.2) is 0 Å². The lowest BCUT2D eigenvalue weighted by Gasteiger charge is -2.20. The standard InChI is InChI=1S/C10H20N6O4/c1-5(17)13-7(9(19)15-11)3-4-8(10(20)16-12)14-6(2)18/h7-8H,3-4,11-12H2,1-2H3,(H,13,17)(H,14,18)(H,15,19)(H,16,20). The molecule has 0 rings (SSSR count). The van der Waals surface area contributed by atoms with Gasteiger partial charge in [0.1, 0.15) is 12.1 Å². The first kappa shape index (κ1) is 17.8. The van der Waals surface area contributed by atoms with Gasteiger partial charge in [-0.3, -0.25) is 30.0 Å². The largest absolute Gasteiger partial charge is 0.344 e. The summed E-state index contributed by atoms with van der Waals surface area (Å²) in [6.45, 7) is 2.49. The van der Waals surface area contributed by atoms with Gasteiger partial charge >= 0.3 is 0 Å². The monoisotopic (exact) mass is 288 g/mol. The number of rotatable bonds is 7. The second kappa shape index (κ2) is 8.82. The molecule has 4 amide bonds. The Kier molecular flexibility index (Phi) is 7.85. The van der Waals surface area contributed by atoms with Crippen LogP contribution in [0.2, 0.25) is 0 Å². The third-order valence-corrected chi connectivity index (χ3v) is 2.42. The lowest BCUT2D eigenvalue weighted by Crippen LogP contribution is -2.51. The van der Waals surface area contributed by atoms with Gasteiger partial charge in [0.2, 0.25) is 11.8 Å². The molecule has 0 aliphatic heterocycles. The molecule has 0 aromatic heterocycles. The summed E-state index contributed by atoms with van der Waals surface area (Å²) in [5.74, 6) is 7.96. The fourth-order valence-electron chi connectivity index (χ4n) is 1.56. The van der Waals surface area contributed by atoms with Crippen LogP contribution >= 0.6 is 0 Å². The molecule has 0 fully saturated rings. The zero-order chi connectivity index (χ0) is 15.7. The van der Waals surface area contributed by atoms with Crippen LogP contribution in [-0.4, -0.2) is 35.7 Å². The number of hydrogen-bond donors (Lipinski definition) is 6. The zero-order valence-electron chi connectivity index (χ0n) is 11.4. The first-order valence-corrected chi connectivity index (χ1v) is 5.87. The second-order valence-corrected chi connectivity index (χ2v) is 4.10. The van der Waals surface area contributed by atoms with Crippen LogP contribution in [0.3, 0.4) is 0 Å². The minimum atomic E-state index is -0.903. The van der Waals surface area contributed by atoms with E-state index in [1.165, 1.54) is 13.8 Å². The van der Waals surface area contributed by atoms with E-state index in [1.54, 1.807) is 0 Å². The highest BCUT2D eigenvalue weighted by molar-refractivity contribution is 5.87. The minimum absolute atomic E-state index is 0.0982. The van der Waals surface area contributed by atoms with Crippen LogP contribution in [0.5, 0.6) is 0 Å². The summed E-state index contributed by atoms with van der Waals surface area (Å²) in [6.07, 6.45) is 0.196. The molecule has 0 spiro atoms. The third kappa shape index (κ3) is 6.66. The fourth-order valence-corrected chi connectivity index (χ4v) is 1.56. The molecule has 2 unspecified atom stereocenters. The Morgan fingerprint density at radius 2 is 1.10 bits per heavy atom. The van der Waals surface area contributed by atoms with Crippen molar-refractivity contribution < 1.29 is 19.2 Å². The van der Waals surface area contributed by atoms with E-state index in [-0.39, 0.29) is 12.8 Å². The first-order chi connectivity index (χ1) is 9.31. The van der Waals surface area contributed by atoms with Crippen molar-refractivity contribution >= 4 is 23.6 Å². The van der Waals surface area contributed by atoms with E-state index in [4.69, 9.17) is 11.7 Å². The average Bonchev–Trinajstić information content (AvgIpc) is 2.39. The van der Waals surface area contributed by atoms with Crippen molar-refractivity contribution in [3.63, 3.8) is 0 Å². The summed E-state index contributed by atoms with van der Waals surface area (Å²) in [7, 11) is 0. The SMILES string of the molecule is CC(=O)NC(CCC(NC(C)=O)C(=O)NN)C(=O)NN. The highest BCUT2D eigenvalue weighted by Crippen LogP contribution is 2.03. The molecule has 0 radical (unpaired) electrons.